The van der Waals surface area contributed by atoms with Crippen LogP contribution in [0.3, 0.4) is 0 Å². The van der Waals surface area contributed by atoms with Gasteiger partial charge in [0.2, 0.25) is 0 Å². The van der Waals surface area contributed by atoms with Crippen molar-refractivity contribution < 1.29 is 19.1 Å². The molecule has 0 heterocycles. The van der Waals surface area contributed by atoms with Crippen LogP contribution < -0.4 is 15.4 Å². The number of carbonyl (C=O) groups is 3. The minimum absolute atomic E-state index is 0.0769. The van der Waals surface area contributed by atoms with Crippen molar-refractivity contribution in [2.45, 2.75) is 45.7 Å². The van der Waals surface area contributed by atoms with Gasteiger partial charge in [0, 0.05) is 36.3 Å². The van der Waals surface area contributed by atoms with Crippen LogP contribution in [0.4, 0.5) is 0 Å². The van der Waals surface area contributed by atoms with Crippen molar-refractivity contribution in [1.29, 1.82) is 0 Å². The van der Waals surface area contributed by atoms with Gasteiger partial charge in [0.25, 0.3) is 17.7 Å². The first-order chi connectivity index (χ1) is 15.0. The van der Waals surface area contributed by atoms with Crippen LogP contribution in [0.5, 0.6) is 5.75 Å². The zero-order chi connectivity index (χ0) is 23.9. The third-order valence-corrected chi connectivity index (χ3v) is 4.76. The summed E-state index contributed by atoms with van der Waals surface area (Å²) in [5, 5.41) is 5.92. The molecule has 0 spiro atoms. The predicted molar refractivity (Wildman–Crippen MR) is 125 cm³/mol. The molecular weight excluding hydrogens is 406 g/mol. The molecular formula is C25H33N3O4. The summed E-state index contributed by atoms with van der Waals surface area (Å²) in [5.41, 5.74) is 1.41. The lowest BCUT2D eigenvalue weighted by Gasteiger charge is -2.21. The number of amides is 3. The second kappa shape index (κ2) is 10.8. The molecule has 0 aromatic heterocycles. The lowest BCUT2D eigenvalue weighted by molar-refractivity contribution is -0.130. The molecule has 7 nitrogen and oxygen atoms in total. The van der Waals surface area contributed by atoms with Gasteiger partial charge >= 0.3 is 0 Å². The Morgan fingerprint density at radius 1 is 0.938 bits per heavy atom. The molecule has 2 aromatic carbocycles. The maximum atomic E-state index is 12.9. The van der Waals surface area contributed by atoms with Gasteiger partial charge in [0.1, 0.15) is 5.75 Å². The Balaban J connectivity index is 2.12. The Kier molecular flexibility index (Phi) is 8.41. The van der Waals surface area contributed by atoms with Gasteiger partial charge in [-0.25, -0.2) is 0 Å². The van der Waals surface area contributed by atoms with Crippen LogP contribution in [-0.4, -0.2) is 48.9 Å². The summed E-state index contributed by atoms with van der Waals surface area (Å²) >= 11 is 0. The molecule has 0 aliphatic heterocycles. The quantitative estimate of drug-likeness (QED) is 0.658. The SMILES string of the molecule is CCC(NC(=O)c1ccc(C(=O)NC(C)(C)C)cc1)c1ccccc1OCC(=O)N(C)C. The van der Waals surface area contributed by atoms with E-state index in [1.165, 1.54) is 4.90 Å². The van der Waals surface area contributed by atoms with Gasteiger partial charge in [0.15, 0.2) is 6.61 Å². The normalized spacial score (nSPS) is 11.9. The van der Waals surface area contributed by atoms with E-state index in [1.54, 1.807) is 44.4 Å². The highest BCUT2D eigenvalue weighted by molar-refractivity contribution is 5.98. The topological polar surface area (TPSA) is 87.7 Å². The molecule has 0 saturated carbocycles. The molecule has 0 saturated heterocycles. The van der Waals surface area contributed by atoms with Gasteiger partial charge in [-0.15, -0.1) is 0 Å². The maximum absolute atomic E-state index is 12.9. The monoisotopic (exact) mass is 439 g/mol. The lowest BCUT2D eigenvalue weighted by atomic mass is 10.0. The maximum Gasteiger partial charge on any atom is 0.259 e. The zero-order valence-corrected chi connectivity index (χ0v) is 19.7. The Labute approximate surface area is 190 Å². The number of likely N-dealkylation sites (N-methyl/N-ethyl adjacent to an activating group) is 1. The molecule has 0 aliphatic carbocycles. The van der Waals surface area contributed by atoms with Crippen LogP contribution in [0, 0.1) is 0 Å². The van der Waals surface area contributed by atoms with E-state index >= 15 is 0 Å². The molecule has 1 atom stereocenters. The predicted octanol–water partition coefficient (Wildman–Crippen LogP) is 3.56. The highest BCUT2D eigenvalue weighted by Crippen LogP contribution is 2.27. The minimum Gasteiger partial charge on any atom is -0.483 e. The fraction of sp³-hybridized carbons (Fsp3) is 0.400. The van der Waals surface area contributed by atoms with Gasteiger partial charge < -0.3 is 20.3 Å². The molecule has 2 aromatic rings. The van der Waals surface area contributed by atoms with E-state index in [9.17, 15) is 14.4 Å². The Hall–Kier alpha value is -3.35. The smallest absolute Gasteiger partial charge is 0.259 e. The number of benzene rings is 2. The summed E-state index contributed by atoms with van der Waals surface area (Å²) < 4.78 is 5.73. The average molecular weight is 440 g/mol. The van der Waals surface area contributed by atoms with Crippen LogP contribution in [0.2, 0.25) is 0 Å². The van der Waals surface area contributed by atoms with Crippen LogP contribution >= 0.6 is 0 Å². The average Bonchev–Trinajstić information content (AvgIpc) is 2.74. The summed E-state index contributed by atoms with van der Waals surface area (Å²) in [6.07, 6.45) is 0.639. The largest absolute Gasteiger partial charge is 0.483 e. The van der Waals surface area contributed by atoms with Gasteiger partial charge in [-0.3, -0.25) is 14.4 Å². The van der Waals surface area contributed by atoms with Gasteiger partial charge in [0.05, 0.1) is 6.04 Å². The van der Waals surface area contributed by atoms with Gasteiger partial charge in [-0.1, -0.05) is 25.1 Å². The molecule has 2 N–H and O–H groups in total. The van der Waals surface area contributed by atoms with Crippen molar-refractivity contribution in [3.63, 3.8) is 0 Å². The minimum atomic E-state index is -0.339. The second-order valence-electron chi connectivity index (χ2n) is 8.83. The van der Waals surface area contributed by atoms with E-state index in [4.69, 9.17) is 4.74 Å². The highest BCUT2D eigenvalue weighted by atomic mass is 16.5. The van der Waals surface area contributed by atoms with Crippen molar-refractivity contribution in [2.24, 2.45) is 0 Å². The number of nitrogens with zero attached hydrogens (tertiary/aromatic N) is 1. The van der Waals surface area contributed by atoms with Gasteiger partial charge in [-0.05, 0) is 57.5 Å². The van der Waals surface area contributed by atoms with E-state index in [0.717, 1.165) is 5.56 Å². The Bertz CT molecular complexity index is 946. The zero-order valence-electron chi connectivity index (χ0n) is 19.7. The molecule has 32 heavy (non-hydrogen) atoms. The van der Waals surface area contributed by atoms with E-state index in [0.29, 0.717) is 23.3 Å². The van der Waals surface area contributed by atoms with Crippen molar-refractivity contribution in [3.8, 4) is 5.75 Å². The molecule has 0 fully saturated rings. The first-order valence-corrected chi connectivity index (χ1v) is 10.7. The van der Waals surface area contributed by atoms with Crippen molar-refractivity contribution in [3.05, 3.63) is 65.2 Å². The number of nitrogens with one attached hydrogen (secondary N) is 2. The Morgan fingerprint density at radius 2 is 1.50 bits per heavy atom. The summed E-state index contributed by atoms with van der Waals surface area (Å²) in [4.78, 5) is 38.5. The van der Waals surface area contributed by atoms with Gasteiger partial charge in [-0.2, -0.15) is 0 Å². The number of para-hydroxylation sites is 1. The summed E-state index contributed by atoms with van der Waals surface area (Å²) in [6.45, 7) is 7.62. The van der Waals surface area contributed by atoms with Crippen molar-refractivity contribution in [2.75, 3.05) is 20.7 Å². The van der Waals surface area contributed by atoms with Crippen LogP contribution in [0.1, 0.15) is 66.4 Å². The molecule has 0 aliphatic rings. The summed E-state index contributed by atoms with van der Waals surface area (Å²) in [6, 6.07) is 13.6. The number of rotatable bonds is 8. The van der Waals surface area contributed by atoms with Crippen molar-refractivity contribution in [1.82, 2.24) is 15.5 Å². The summed E-state index contributed by atoms with van der Waals surface area (Å²) in [5.74, 6) is -0.0236. The van der Waals surface area contributed by atoms with E-state index in [1.807, 2.05) is 45.9 Å². The summed E-state index contributed by atoms with van der Waals surface area (Å²) in [7, 11) is 3.34. The van der Waals surface area contributed by atoms with Crippen LogP contribution in [0.15, 0.2) is 48.5 Å². The molecule has 0 radical (unpaired) electrons. The first-order valence-electron chi connectivity index (χ1n) is 10.7. The lowest BCUT2D eigenvalue weighted by Crippen LogP contribution is -2.40. The second-order valence-corrected chi connectivity index (χ2v) is 8.83. The fourth-order valence-electron chi connectivity index (χ4n) is 3.00. The third-order valence-electron chi connectivity index (χ3n) is 4.76. The number of ether oxygens (including phenoxy) is 1. The molecule has 0 bridgehead atoms. The molecule has 3 amide bonds. The number of hydrogen-bond acceptors (Lipinski definition) is 4. The molecule has 172 valence electrons. The first kappa shape index (κ1) is 24.9. The number of hydrogen-bond donors (Lipinski definition) is 2. The van der Waals surface area contributed by atoms with Crippen molar-refractivity contribution >= 4 is 17.7 Å². The van der Waals surface area contributed by atoms with Crippen LogP contribution in [-0.2, 0) is 4.79 Å². The standard InChI is InChI=1S/C25H33N3O4/c1-7-20(19-10-8-9-11-21(19)32-16-22(29)28(5)6)26-23(30)17-12-14-18(15-13-17)24(31)27-25(2,3)4/h8-15,20H,7,16H2,1-6H3,(H,26,30)(H,27,31). The van der Waals surface area contributed by atoms with Crippen LogP contribution in [0.25, 0.3) is 0 Å². The number of carbonyl (C=O) groups excluding carboxylic acids is 3. The van der Waals surface area contributed by atoms with E-state index < -0.39 is 0 Å². The fourth-order valence-corrected chi connectivity index (χ4v) is 3.00. The third kappa shape index (κ3) is 7.11. The van der Waals surface area contributed by atoms with E-state index in [2.05, 4.69) is 10.6 Å². The molecule has 7 heteroatoms. The van der Waals surface area contributed by atoms with E-state index in [-0.39, 0.29) is 35.9 Å². The Morgan fingerprint density at radius 3 is 2.03 bits per heavy atom. The molecule has 1 unspecified atom stereocenters. The molecule has 2 rings (SSSR count). The highest BCUT2D eigenvalue weighted by Gasteiger charge is 2.20.